The van der Waals surface area contributed by atoms with Crippen molar-refractivity contribution in [2.45, 2.75) is 80.7 Å². The molecule has 8 heterocycles. The number of esters is 2. The molecular weight excluding hydrogens is 767 g/mol. The number of aliphatic carboxylic acids is 1. The number of methoxy groups -OCH3 is 1. The maximum absolute atomic E-state index is 15.0. The number of carbonyl (C=O) groups excluding carboxylic acids is 2. The molecule has 7 aliphatic heterocycles. The number of hydrogen-bond donors (Lipinski definition) is 4. The highest BCUT2D eigenvalue weighted by Crippen LogP contribution is 2.64. The highest BCUT2D eigenvalue weighted by Gasteiger charge is 2.62. The fourth-order valence-corrected chi connectivity index (χ4v) is 12.5. The number of H-pyrrole nitrogens is 1. The molecule has 3 aromatic carbocycles. The summed E-state index contributed by atoms with van der Waals surface area (Å²) >= 11 is 1.38. The molecule has 4 aromatic rings. The molecule has 0 amide bonds. The number of carboxylic acid groups (broad SMARTS) is 1. The predicted octanol–water partition coefficient (Wildman–Crippen LogP) is 4.21. The van der Waals surface area contributed by atoms with Gasteiger partial charge in [0.15, 0.2) is 28.5 Å². The summed E-state index contributed by atoms with van der Waals surface area (Å²) in [5.74, 6) is -0.917. The average Bonchev–Trinajstić information content (AvgIpc) is 3.84. The number of thioether (sulfide) groups is 1. The van der Waals surface area contributed by atoms with Crippen LogP contribution in [0, 0.1) is 25.2 Å². The van der Waals surface area contributed by atoms with Gasteiger partial charge in [-0.15, -0.1) is 11.8 Å². The van der Waals surface area contributed by atoms with E-state index in [1.165, 1.54) is 25.8 Å². The number of aryl methyl sites for hydroxylation is 1. The van der Waals surface area contributed by atoms with Crippen LogP contribution in [0.15, 0.2) is 30.3 Å². The van der Waals surface area contributed by atoms with Crippen LogP contribution in [0.5, 0.6) is 28.7 Å². The first-order chi connectivity index (χ1) is 27.9. The van der Waals surface area contributed by atoms with Gasteiger partial charge in [-0.2, -0.15) is 5.26 Å². The number of likely N-dealkylation sites (N-methyl/N-ethyl adjacent to an activating group) is 1. The molecule has 0 saturated carbocycles. The quantitative estimate of drug-likeness (QED) is 0.170. The van der Waals surface area contributed by atoms with Gasteiger partial charge >= 0.3 is 17.9 Å². The number of hydrogen-bond acceptors (Lipinski definition) is 14. The van der Waals surface area contributed by atoms with Crippen molar-refractivity contribution in [3.63, 3.8) is 0 Å². The molecule has 0 aliphatic carbocycles. The summed E-state index contributed by atoms with van der Waals surface area (Å²) in [5.41, 5.74) is 4.40. The van der Waals surface area contributed by atoms with Gasteiger partial charge in [0.05, 0.1) is 36.2 Å². The van der Waals surface area contributed by atoms with E-state index in [4.69, 9.17) is 23.7 Å². The number of fused-ring (bicyclic) bond motifs is 11. The average molecular weight is 808 g/mol. The number of aromatic hydroxyl groups is 1. The Kier molecular flexibility index (Phi) is 8.27. The van der Waals surface area contributed by atoms with Crippen molar-refractivity contribution in [1.29, 1.82) is 5.26 Å². The summed E-state index contributed by atoms with van der Waals surface area (Å²) in [6.07, 6.45) is 0.588. The first-order valence-corrected chi connectivity index (χ1v) is 20.3. The van der Waals surface area contributed by atoms with Crippen molar-refractivity contribution < 1.29 is 48.3 Å². The van der Waals surface area contributed by atoms with Gasteiger partial charge < -0.3 is 38.9 Å². The van der Waals surface area contributed by atoms with Gasteiger partial charge in [0.2, 0.25) is 6.79 Å². The van der Waals surface area contributed by atoms with E-state index in [1.807, 2.05) is 44.3 Å². The van der Waals surface area contributed by atoms with E-state index in [1.54, 1.807) is 6.92 Å². The SMILES string of the molecule is COc1c(C)cc2c(c1O)[C@@H]1[C@@H]3[C@@H]4SC[C@]5(N[C@H](C(=O)O)Cc6c5[nH]c5ccccc65)C(=O)OC[C@@H](c5c6c(c(C)c(OC(C)=O)c54)OCO6)N3[C@@H](C#N)[C@H](C2)N1C. The number of piperazine rings is 1. The molecule has 2 fully saturated rings. The number of phenolic OH excluding ortho intramolecular Hbond substituents is 1. The lowest BCUT2D eigenvalue weighted by atomic mass is 9.71. The lowest BCUT2D eigenvalue weighted by Gasteiger charge is -2.62. The Morgan fingerprint density at radius 3 is 2.60 bits per heavy atom. The first kappa shape index (κ1) is 36.8. The zero-order valence-electron chi connectivity index (χ0n) is 32.4. The molecule has 0 radical (unpaired) electrons. The monoisotopic (exact) mass is 807 g/mol. The second kappa shape index (κ2) is 13.0. The maximum Gasteiger partial charge on any atom is 0.333 e. The van der Waals surface area contributed by atoms with E-state index in [2.05, 4.69) is 26.2 Å². The third-order valence-corrected chi connectivity index (χ3v) is 14.6. The number of para-hydroxylation sites is 1. The lowest BCUT2D eigenvalue weighted by molar-refractivity contribution is -0.158. The molecule has 7 aliphatic rings. The van der Waals surface area contributed by atoms with E-state index in [0.29, 0.717) is 57.2 Å². The Morgan fingerprint density at radius 1 is 1.09 bits per heavy atom. The van der Waals surface area contributed by atoms with Crippen LogP contribution in [-0.4, -0.2) is 100 Å². The van der Waals surface area contributed by atoms with Crippen LogP contribution < -0.4 is 24.3 Å². The molecule has 1 aromatic heterocycles. The number of aromatic nitrogens is 1. The van der Waals surface area contributed by atoms with E-state index >= 15 is 4.79 Å². The van der Waals surface area contributed by atoms with Crippen LogP contribution in [0.1, 0.15) is 68.9 Å². The molecule has 300 valence electrons. The number of aromatic amines is 1. The summed E-state index contributed by atoms with van der Waals surface area (Å²) in [6.45, 7) is 4.64. The van der Waals surface area contributed by atoms with E-state index < -0.39 is 58.9 Å². The third kappa shape index (κ3) is 4.87. The number of nitriles is 1. The van der Waals surface area contributed by atoms with Gasteiger partial charge in [0.25, 0.3) is 0 Å². The van der Waals surface area contributed by atoms with Crippen molar-refractivity contribution in [3.8, 4) is 34.8 Å². The zero-order valence-corrected chi connectivity index (χ0v) is 33.2. The number of carboxylic acids is 1. The molecule has 0 unspecified atom stereocenters. The summed E-state index contributed by atoms with van der Waals surface area (Å²) in [6, 6.07) is 8.00. The smallest absolute Gasteiger partial charge is 0.333 e. The normalized spacial score (nSPS) is 29.4. The Labute approximate surface area is 337 Å². The van der Waals surface area contributed by atoms with Gasteiger partial charge in [-0.1, -0.05) is 24.3 Å². The van der Waals surface area contributed by atoms with Gasteiger partial charge in [0, 0.05) is 64.3 Å². The fraction of sp³-hybridized carbons (Fsp3) is 0.429. The lowest BCUT2D eigenvalue weighted by Crippen LogP contribution is -2.69. The van der Waals surface area contributed by atoms with Crippen LogP contribution in [0.3, 0.4) is 0 Å². The minimum absolute atomic E-state index is 0.00675. The van der Waals surface area contributed by atoms with Gasteiger partial charge in [0.1, 0.15) is 24.4 Å². The Balaban J connectivity index is 1.26. The summed E-state index contributed by atoms with van der Waals surface area (Å²) < 4.78 is 30.6. The van der Waals surface area contributed by atoms with Crippen LogP contribution >= 0.6 is 11.8 Å². The number of benzene rings is 3. The first-order valence-electron chi connectivity index (χ1n) is 19.2. The molecule has 4 bridgehead atoms. The molecule has 1 spiro atoms. The van der Waals surface area contributed by atoms with Crippen molar-refractivity contribution in [1.82, 2.24) is 20.1 Å². The minimum atomic E-state index is -1.67. The van der Waals surface area contributed by atoms with Crippen molar-refractivity contribution in [3.05, 3.63) is 75.0 Å². The molecule has 4 N–H and O–H groups in total. The number of rotatable bonds is 3. The summed E-state index contributed by atoms with van der Waals surface area (Å²) in [5, 5.41) is 37.2. The van der Waals surface area contributed by atoms with Crippen molar-refractivity contribution in [2.75, 3.05) is 33.3 Å². The minimum Gasteiger partial charge on any atom is -0.504 e. The molecular formula is C42H41N5O10S. The standard InChI is InChI=1S/C42H41N5O10S/c1-17-10-20-11-25-26(13-43)47-27-14-54-41(52)42(39-22(12-24(45-42)40(50)51)21-8-6-7-9-23(21)44-39)15-58-38(32(47)31(46(25)4)28(20)33(49)34(17)53-5)30-29(27)37-36(55-16-56-37)18(2)35(30)57-19(3)48/h6-10,24-27,31-32,38,44-45,49H,11-12,14-16H2,1-5H3,(H,50,51)/t24-,25-,26-,27-,31+,32+,38+,42+/m0/s1. The predicted molar refractivity (Wildman–Crippen MR) is 208 cm³/mol. The van der Waals surface area contributed by atoms with Gasteiger partial charge in [-0.25, -0.2) is 4.79 Å². The highest BCUT2D eigenvalue weighted by atomic mass is 32.2. The van der Waals surface area contributed by atoms with E-state index in [-0.39, 0.29) is 43.1 Å². The highest BCUT2D eigenvalue weighted by molar-refractivity contribution is 7.99. The molecule has 8 atom stereocenters. The number of ether oxygens (including phenoxy) is 5. The maximum atomic E-state index is 15.0. The Hall–Kier alpha value is -5.47. The van der Waals surface area contributed by atoms with Crippen LogP contribution in [0.2, 0.25) is 0 Å². The summed E-state index contributed by atoms with van der Waals surface area (Å²) in [4.78, 5) is 48.6. The Bertz CT molecular complexity index is 2530. The summed E-state index contributed by atoms with van der Waals surface area (Å²) in [7, 11) is 3.48. The fourth-order valence-electron chi connectivity index (χ4n) is 10.8. The molecule has 58 heavy (non-hydrogen) atoms. The van der Waals surface area contributed by atoms with E-state index in [0.717, 1.165) is 22.0 Å². The third-order valence-electron chi connectivity index (χ3n) is 13.1. The van der Waals surface area contributed by atoms with Crippen LogP contribution in [-0.2, 0) is 37.5 Å². The number of carbonyl (C=O) groups is 3. The van der Waals surface area contributed by atoms with Crippen LogP contribution in [0.4, 0.5) is 0 Å². The number of phenols is 1. The molecule has 11 rings (SSSR count). The topological polar surface area (TPSA) is 196 Å². The molecule has 2 saturated heterocycles. The van der Waals surface area contributed by atoms with Crippen molar-refractivity contribution in [2.24, 2.45) is 0 Å². The van der Waals surface area contributed by atoms with Crippen LogP contribution in [0.25, 0.3) is 10.9 Å². The second-order valence-electron chi connectivity index (χ2n) is 16.0. The second-order valence-corrected chi connectivity index (χ2v) is 17.1. The zero-order chi connectivity index (χ0) is 40.5. The van der Waals surface area contributed by atoms with Crippen molar-refractivity contribution >= 4 is 40.6 Å². The molecule has 16 heteroatoms. The van der Waals surface area contributed by atoms with Gasteiger partial charge in [-0.05, 0) is 50.1 Å². The molecule has 15 nitrogen and oxygen atoms in total. The number of nitrogens with one attached hydrogen (secondary N) is 2. The largest absolute Gasteiger partial charge is 0.504 e. The van der Waals surface area contributed by atoms with E-state index in [9.17, 15) is 25.1 Å². The van der Waals surface area contributed by atoms with Gasteiger partial charge in [-0.3, -0.25) is 24.7 Å². The number of nitrogens with zero attached hydrogens (tertiary/aromatic N) is 3. The Morgan fingerprint density at radius 2 is 1.86 bits per heavy atom.